The van der Waals surface area contributed by atoms with Gasteiger partial charge in [-0.15, -0.1) is 11.8 Å². The van der Waals surface area contributed by atoms with E-state index < -0.39 is 41.4 Å². The summed E-state index contributed by atoms with van der Waals surface area (Å²) in [5, 5.41) is 49.6. The van der Waals surface area contributed by atoms with Gasteiger partial charge in [0.2, 0.25) is 0 Å². The van der Waals surface area contributed by atoms with Gasteiger partial charge in [-0.2, -0.15) is 0 Å². The van der Waals surface area contributed by atoms with E-state index in [0.29, 0.717) is 24.5 Å². The van der Waals surface area contributed by atoms with Crippen molar-refractivity contribution in [2.75, 3.05) is 19.0 Å². The molecule has 2 aromatic rings. The van der Waals surface area contributed by atoms with E-state index in [1.807, 2.05) is 24.3 Å². The molecule has 3 rings (SSSR count). The normalized spacial score (nSPS) is 25.9. The van der Waals surface area contributed by atoms with Crippen LogP contribution in [-0.4, -0.2) is 74.2 Å². The van der Waals surface area contributed by atoms with Crippen molar-refractivity contribution in [1.29, 1.82) is 0 Å². The average molecular weight is 451 g/mol. The highest BCUT2D eigenvalue weighted by atomic mass is 32.2. The van der Waals surface area contributed by atoms with Gasteiger partial charge in [0.05, 0.1) is 18.1 Å². The lowest BCUT2D eigenvalue weighted by atomic mass is 10.0. The van der Waals surface area contributed by atoms with E-state index >= 15 is 0 Å². The van der Waals surface area contributed by atoms with E-state index in [-0.39, 0.29) is 5.69 Å². The molecular weight excluding hydrogens is 426 g/mol. The zero-order valence-electron chi connectivity index (χ0n) is 16.6. The third-order valence-electron chi connectivity index (χ3n) is 4.95. The van der Waals surface area contributed by atoms with Crippen LogP contribution in [0.2, 0.25) is 0 Å². The molecule has 2 aromatic carbocycles. The first-order valence-electron chi connectivity index (χ1n) is 9.80. The maximum absolute atomic E-state index is 10.7. The van der Waals surface area contributed by atoms with Crippen molar-refractivity contribution in [2.45, 2.75) is 36.3 Å². The van der Waals surface area contributed by atoms with Crippen molar-refractivity contribution in [1.82, 2.24) is 0 Å². The maximum Gasteiger partial charge on any atom is 0.269 e. The van der Waals surface area contributed by atoms with Crippen LogP contribution in [-0.2, 0) is 4.74 Å². The molecule has 1 aliphatic rings. The summed E-state index contributed by atoms with van der Waals surface area (Å²) < 4.78 is 11.2. The molecule has 10 heteroatoms. The Hall–Kier alpha value is -2.21. The molecule has 0 unspecified atom stereocenters. The Morgan fingerprint density at radius 1 is 0.968 bits per heavy atom. The molecule has 9 nitrogen and oxygen atoms in total. The summed E-state index contributed by atoms with van der Waals surface area (Å²) in [4.78, 5) is 10.3. The fourth-order valence-electron chi connectivity index (χ4n) is 3.17. The van der Waals surface area contributed by atoms with Crippen molar-refractivity contribution in [3.05, 3.63) is 58.6 Å². The van der Waals surface area contributed by atoms with Gasteiger partial charge in [0.25, 0.3) is 5.69 Å². The first-order chi connectivity index (χ1) is 14.9. The predicted molar refractivity (Wildman–Crippen MR) is 115 cm³/mol. The first kappa shape index (κ1) is 23.5. The summed E-state index contributed by atoms with van der Waals surface area (Å²) in [5.41, 5.74) is 1.09. The lowest BCUT2D eigenvalue weighted by molar-refractivity contribution is -0.384. The molecule has 5 atom stereocenters. The molecule has 0 aliphatic carbocycles. The van der Waals surface area contributed by atoms with Crippen LogP contribution in [0, 0.1) is 10.1 Å². The summed E-state index contributed by atoms with van der Waals surface area (Å²) in [6.45, 7) is -0.0116. The summed E-state index contributed by atoms with van der Waals surface area (Å²) >= 11 is 1.29. The fourth-order valence-corrected chi connectivity index (χ4v) is 4.27. The van der Waals surface area contributed by atoms with Gasteiger partial charge in [0, 0.05) is 12.1 Å². The van der Waals surface area contributed by atoms with E-state index in [4.69, 9.17) is 9.47 Å². The smallest absolute Gasteiger partial charge is 0.269 e. The van der Waals surface area contributed by atoms with Gasteiger partial charge in [0.1, 0.15) is 35.6 Å². The largest absolute Gasteiger partial charge is 0.494 e. The number of hydrogen-bond acceptors (Lipinski definition) is 9. The van der Waals surface area contributed by atoms with Crippen LogP contribution < -0.4 is 4.74 Å². The Bertz CT molecular complexity index is 845. The zero-order valence-corrected chi connectivity index (χ0v) is 17.4. The lowest BCUT2D eigenvalue weighted by Gasteiger charge is -2.39. The molecule has 168 valence electrons. The number of non-ortho nitro benzene ring substituents is 1. The molecule has 4 N–H and O–H groups in total. The average Bonchev–Trinajstić information content (AvgIpc) is 2.79. The van der Waals surface area contributed by atoms with E-state index in [2.05, 4.69) is 0 Å². The molecule has 1 fully saturated rings. The summed E-state index contributed by atoms with van der Waals surface area (Å²) in [6.07, 6.45) is -4.20. The van der Waals surface area contributed by atoms with Gasteiger partial charge in [-0.25, -0.2) is 0 Å². The van der Waals surface area contributed by atoms with Crippen molar-refractivity contribution in [2.24, 2.45) is 0 Å². The van der Waals surface area contributed by atoms with Crippen LogP contribution in [0.3, 0.4) is 0 Å². The van der Waals surface area contributed by atoms with Crippen LogP contribution in [0.1, 0.15) is 6.42 Å². The highest BCUT2D eigenvalue weighted by Gasteiger charge is 2.43. The van der Waals surface area contributed by atoms with Crippen molar-refractivity contribution >= 4 is 17.4 Å². The molecule has 0 aromatic heterocycles. The molecule has 1 saturated heterocycles. The molecule has 0 radical (unpaired) electrons. The predicted octanol–water partition coefficient (Wildman–Crippen LogP) is 1.56. The molecule has 0 saturated carbocycles. The molecule has 1 aliphatic heterocycles. The minimum Gasteiger partial charge on any atom is -0.494 e. The van der Waals surface area contributed by atoms with E-state index in [1.54, 1.807) is 12.1 Å². The Balaban J connectivity index is 1.42. The topological polar surface area (TPSA) is 143 Å². The van der Waals surface area contributed by atoms with Crippen molar-refractivity contribution in [3.8, 4) is 16.9 Å². The van der Waals surface area contributed by atoms with E-state index in [0.717, 1.165) is 11.1 Å². The molecular formula is C21H25NO8S. The number of thioether (sulfide) groups is 1. The van der Waals surface area contributed by atoms with Gasteiger partial charge >= 0.3 is 0 Å². The van der Waals surface area contributed by atoms with E-state index in [1.165, 1.54) is 23.9 Å². The minimum absolute atomic E-state index is 0.0466. The number of aliphatic hydroxyl groups excluding tert-OH is 4. The Morgan fingerprint density at radius 3 is 2.16 bits per heavy atom. The van der Waals surface area contributed by atoms with E-state index in [9.17, 15) is 30.5 Å². The van der Waals surface area contributed by atoms with Crippen LogP contribution in [0.5, 0.6) is 5.75 Å². The number of hydrogen-bond donors (Lipinski definition) is 4. The van der Waals surface area contributed by atoms with Crippen LogP contribution >= 0.6 is 11.8 Å². The molecule has 0 spiro atoms. The summed E-state index contributed by atoms with van der Waals surface area (Å²) in [6, 6.07) is 13.7. The van der Waals surface area contributed by atoms with Crippen molar-refractivity contribution < 1.29 is 34.8 Å². The first-order valence-corrected chi connectivity index (χ1v) is 10.9. The zero-order chi connectivity index (χ0) is 22.4. The Labute approximate surface area is 183 Å². The highest BCUT2D eigenvalue weighted by molar-refractivity contribution is 7.99. The number of rotatable bonds is 9. The molecule has 0 bridgehead atoms. The standard InChI is InChI=1S/C21H25NO8S/c23-12-17-18(24)19(25)20(26)21(30-17)31-11-1-10-29-16-8-4-14(5-9-16)13-2-6-15(7-3-13)22(27)28/h2-9,17-21,23-26H,1,10-12H2/t17-,18-,19+,20-,21+/m1/s1. The quantitative estimate of drug-likeness (QED) is 0.254. The molecule has 1 heterocycles. The minimum atomic E-state index is -1.37. The number of benzene rings is 2. The molecule has 31 heavy (non-hydrogen) atoms. The number of nitrogens with zero attached hydrogens (tertiary/aromatic N) is 1. The summed E-state index contributed by atoms with van der Waals surface area (Å²) in [5.74, 6) is 1.27. The van der Waals surface area contributed by atoms with Crippen LogP contribution in [0.15, 0.2) is 48.5 Å². The third kappa shape index (κ3) is 5.94. The second-order valence-corrected chi connectivity index (χ2v) is 8.30. The van der Waals surface area contributed by atoms with Gasteiger partial charge in [0.15, 0.2) is 0 Å². The highest BCUT2D eigenvalue weighted by Crippen LogP contribution is 2.29. The van der Waals surface area contributed by atoms with Crippen LogP contribution in [0.25, 0.3) is 11.1 Å². The van der Waals surface area contributed by atoms with Crippen molar-refractivity contribution in [3.63, 3.8) is 0 Å². The summed E-state index contributed by atoms with van der Waals surface area (Å²) in [7, 11) is 0. The van der Waals surface area contributed by atoms with Crippen LogP contribution in [0.4, 0.5) is 5.69 Å². The lowest BCUT2D eigenvalue weighted by Crippen LogP contribution is -2.57. The maximum atomic E-state index is 10.7. The second-order valence-electron chi connectivity index (χ2n) is 7.10. The number of aliphatic hydroxyl groups is 4. The fraction of sp³-hybridized carbons (Fsp3) is 0.429. The monoisotopic (exact) mass is 451 g/mol. The number of nitro benzene ring substituents is 1. The second kappa shape index (κ2) is 10.9. The SMILES string of the molecule is O=[N+]([O-])c1ccc(-c2ccc(OCCCS[C@@H]3O[C@H](CO)[C@@H](O)[C@H](O)[C@H]3O)cc2)cc1. The number of ether oxygens (including phenoxy) is 2. The van der Waals surface area contributed by atoms with Gasteiger partial charge in [-0.1, -0.05) is 12.1 Å². The van der Waals surface area contributed by atoms with Gasteiger partial charge in [-0.3, -0.25) is 10.1 Å². The van der Waals surface area contributed by atoms with Gasteiger partial charge < -0.3 is 29.9 Å². The van der Waals surface area contributed by atoms with Gasteiger partial charge in [-0.05, 0) is 47.6 Å². The molecule has 0 amide bonds. The Kier molecular flexibility index (Phi) is 8.24. The Morgan fingerprint density at radius 2 is 1.58 bits per heavy atom. The third-order valence-corrected chi connectivity index (χ3v) is 6.20. The number of nitro groups is 1.